The van der Waals surface area contributed by atoms with Gasteiger partial charge in [0.2, 0.25) is 5.13 Å². The zero-order valence-electron chi connectivity index (χ0n) is 16.9. The largest absolute Gasteiger partial charge is 0.449 e. The number of urea groups is 1. The highest BCUT2D eigenvalue weighted by Gasteiger charge is 2.25. The van der Waals surface area contributed by atoms with E-state index in [1.54, 1.807) is 9.80 Å². The maximum absolute atomic E-state index is 12.6. The number of amides is 3. The van der Waals surface area contributed by atoms with Gasteiger partial charge in [0, 0.05) is 32.1 Å². The first-order valence-electron chi connectivity index (χ1n) is 10.3. The van der Waals surface area contributed by atoms with E-state index in [1.165, 1.54) is 30.6 Å². The topological polar surface area (TPSA) is 87.7 Å². The molecule has 156 valence electrons. The van der Waals surface area contributed by atoms with Crippen molar-refractivity contribution in [2.45, 2.75) is 58.3 Å². The van der Waals surface area contributed by atoms with Crippen LogP contribution in [-0.4, -0.2) is 64.9 Å². The number of hydrogen-bond donors (Lipinski definition) is 1. The number of hydrogen-bond acceptors (Lipinski definition) is 6. The van der Waals surface area contributed by atoms with Crippen LogP contribution in [0.1, 0.15) is 63.3 Å². The van der Waals surface area contributed by atoms with E-state index in [-0.39, 0.29) is 12.1 Å². The highest BCUT2D eigenvalue weighted by molar-refractivity contribution is 7.15. The van der Waals surface area contributed by atoms with Gasteiger partial charge in [-0.2, -0.15) is 0 Å². The monoisotopic (exact) mass is 409 g/mol. The van der Waals surface area contributed by atoms with Gasteiger partial charge in [-0.15, -0.1) is 10.2 Å². The SMILES string of the molecule is CC(C)COC(=O)N1CCCN(C(=O)Nc2nnc(C3CCCCC3)s2)CC1. The van der Waals surface area contributed by atoms with Gasteiger partial charge in [-0.3, -0.25) is 5.32 Å². The number of anilines is 1. The van der Waals surface area contributed by atoms with Crippen molar-refractivity contribution < 1.29 is 14.3 Å². The quantitative estimate of drug-likeness (QED) is 0.814. The Hall–Kier alpha value is -1.90. The third-order valence-electron chi connectivity index (χ3n) is 5.19. The van der Waals surface area contributed by atoms with Crippen molar-refractivity contribution in [2.24, 2.45) is 5.92 Å². The summed E-state index contributed by atoms with van der Waals surface area (Å²) in [5.74, 6) is 0.795. The van der Waals surface area contributed by atoms with Crippen molar-refractivity contribution in [2.75, 3.05) is 38.1 Å². The van der Waals surface area contributed by atoms with Crippen molar-refractivity contribution in [3.8, 4) is 0 Å². The lowest BCUT2D eigenvalue weighted by molar-refractivity contribution is 0.0934. The highest BCUT2D eigenvalue weighted by atomic mass is 32.1. The molecule has 1 N–H and O–H groups in total. The second kappa shape index (κ2) is 10.0. The Bertz CT molecular complexity index is 660. The van der Waals surface area contributed by atoms with Crippen LogP contribution in [0.15, 0.2) is 0 Å². The van der Waals surface area contributed by atoms with Crippen LogP contribution in [0.2, 0.25) is 0 Å². The fraction of sp³-hybridized carbons (Fsp3) is 0.789. The summed E-state index contributed by atoms with van der Waals surface area (Å²) in [6.45, 7) is 6.61. The third-order valence-corrected chi connectivity index (χ3v) is 6.19. The van der Waals surface area contributed by atoms with E-state index in [1.807, 2.05) is 13.8 Å². The summed E-state index contributed by atoms with van der Waals surface area (Å²) in [5, 5.41) is 12.9. The molecule has 3 rings (SSSR count). The number of rotatable bonds is 4. The average molecular weight is 410 g/mol. The third kappa shape index (κ3) is 5.80. The van der Waals surface area contributed by atoms with Crippen molar-refractivity contribution in [1.29, 1.82) is 0 Å². The molecule has 0 bridgehead atoms. The Morgan fingerprint density at radius 1 is 1.07 bits per heavy atom. The Morgan fingerprint density at radius 3 is 2.54 bits per heavy atom. The zero-order valence-corrected chi connectivity index (χ0v) is 17.7. The van der Waals surface area contributed by atoms with Crippen molar-refractivity contribution in [1.82, 2.24) is 20.0 Å². The maximum atomic E-state index is 12.6. The van der Waals surface area contributed by atoms with Crippen LogP contribution in [0, 0.1) is 5.92 Å². The fourth-order valence-electron chi connectivity index (χ4n) is 3.60. The van der Waals surface area contributed by atoms with Crippen molar-refractivity contribution in [3.05, 3.63) is 5.01 Å². The molecule has 0 spiro atoms. The van der Waals surface area contributed by atoms with E-state index in [9.17, 15) is 9.59 Å². The van der Waals surface area contributed by atoms with E-state index < -0.39 is 0 Å². The van der Waals surface area contributed by atoms with Crippen LogP contribution in [0.5, 0.6) is 0 Å². The molecule has 8 nitrogen and oxygen atoms in total. The Balaban J connectivity index is 1.48. The molecule has 1 aromatic rings. The molecule has 2 fully saturated rings. The summed E-state index contributed by atoms with van der Waals surface area (Å²) in [4.78, 5) is 28.2. The van der Waals surface area contributed by atoms with E-state index >= 15 is 0 Å². The first kappa shape index (κ1) is 20.8. The fourth-order valence-corrected chi connectivity index (χ4v) is 4.50. The molecule has 1 aliphatic carbocycles. The van der Waals surface area contributed by atoms with Crippen LogP contribution in [0.25, 0.3) is 0 Å². The number of carbonyl (C=O) groups is 2. The molecule has 2 aliphatic rings. The van der Waals surface area contributed by atoms with Gasteiger partial charge in [0.1, 0.15) is 5.01 Å². The van der Waals surface area contributed by atoms with Gasteiger partial charge in [0.05, 0.1) is 6.61 Å². The van der Waals surface area contributed by atoms with Gasteiger partial charge < -0.3 is 14.5 Å². The van der Waals surface area contributed by atoms with Crippen LogP contribution in [0.4, 0.5) is 14.7 Å². The Labute approximate surface area is 170 Å². The summed E-state index contributed by atoms with van der Waals surface area (Å²) in [5.41, 5.74) is 0. The summed E-state index contributed by atoms with van der Waals surface area (Å²) in [6.07, 6.45) is 6.56. The Morgan fingerprint density at radius 2 is 1.79 bits per heavy atom. The highest BCUT2D eigenvalue weighted by Crippen LogP contribution is 2.35. The standard InChI is InChI=1S/C19H31N5O3S/c1-14(2)13-27-19(26)24-10-6-9-23(11-12-24)18(25)20-17-22-21-16(28-17)15-7-4-3-5-8-15/h14-15H,3-13H2,1-2H3,(H,20,22,25). The van der Waals surface area contributed by atoms with Crippen LogP contribution < -0.4 is 5.32 Å². The van der Waals surface area contributed by atoms with Crippen LogP contribution in [0.3, 0.4) is 0 Å². The second-order valence-corrected chi connectivity index (χ2v) is 9.02. The number of carbonyl (C=O) groups excluding carboxylic acids is 2. The van der Waals surface area contributed by atoms with E-state index in [2.05, 4.69) is 15.5 Å². The first-order valence-corrected chi connectivity index (χ1v) is 11.2. The van der Waals surface area contributed by atoms with Gasteiger partial charge in [0.15, 0.2) is 0 Å². The molecule has 3 amide bonds. The Kier molecular flexibility index (Phi) is 7.47. The first-order chi connectivity index (χ1) is 13.5. The summed E-state index contributed by atoms with van der Waals surface area (Å²) >= 11 is 1.49. The van der Waals surface area contributed by atoms with E-state index in [0.717, 1.165) is 24.3 Å². The lowest BCUT2D eigenvalue weighted by Crippen LogP contribution is -2.39. The normalized spacial score (nSPS) is 18.8. The molecular weight excluding hydrogens is 378 g/mol. The minimum Gasteiger partial charge on any atom is -0.449 e. The molecule has 2 heterocycles. The molecule has 0 atom stereocenters. The zero-order chi connectivity index (χ0) is 19.9. The molecule has 0 aromatic carbocycles. The average Bonchev–Trinajstić information content (AvgIpc) is 3.01. The summed E-state index contributed by atoms with van der Waals surface area (Å²) < 4.78 is 5.30. The van der Waals surface area contributed by atoms with Crippen LogP contribution in [-0.2, 0) is 4.74 Å². The van der Waals surface area contributed by atoms with Crippen molar-refractivity contribution in [3.63, 3.8) is 0 Å². The van der Waals surface area contributed by atoms with Gasteiger partial charge in [0.25, 0.3) is 0 Å². The predicted octanol–water partition coefficient (Wildman–Crippen LogP) is 3.92. The second-order valence-electron chi connectivity index (χ2n) is 8.01. The molecule has 1 aliphatic heterocycles. The molecule has 0 radical (unpaired) electrons. The van der Waals surface area contributed by atoms with Gasteiger partial charge in [-0.1, -0.05) is 44.4 Å². The molecule has 1 saturated carbocycles. The van der Waals surface area contributed by atoms with Gasteiger partial charge >= 0.3 is 12.1 Å². The number of aromatic nitrogens is 2. The number of ether oxygens (including phenoxy) is 1. The number of nitrogens with zero attached hydrogens (tertiary/aromatic N) is 4. The van der Waals surface area contributed by atoms with Crippen LogP contribution >= 0.6 is 11.3 Å². The smallest absolute Gasteiger partial charge is 0.409 e. The van der Waals surface area contributed by atoms with E-state index in [0.29, 0.717) is 49.8 Å². The lowest BCUT2D eigenvalue weighted by atomic mass is 9.90. The lowest BCUT2D eigenvalue weighted by Gasteiger charge is -2.22. The molecule has 9 heteroatoms. The maximum Gasteiger partial charge on any atom is 0.409 e. The van der Waals surface area contributed by atoms with Gasteiger partial charge in [-0.25, -0.2) is 9.59 Å². The minimum absolute atomic E-state index is 0.177. The molecular formula is C19H31N5O3S. The van der Waals surface area contributed by atoms with E-state index in [4.69, 9.17) is 4.74 Å². The minimum atomic E-state index is -0.294. The molecule has 28 heavy (non-hydrogen) atoms. The molecule has 1 saturated heterocycles. The number of nitrogens with one attached hydrogen (secondary N) is 1. The molecule has 0 unspecified atom stereocenters. The van der Waals surface area contributed by atoms with Gasteiger partial charge in [-0.05, 0) is 25.2 Å². The van der Waals surface area contributed by atoms with Crippen molar-refractivity contribution >= 4 is 28.6 Å². The predicted molar refractivity (Wildman–Crippen MR) is 109 cm³/mol. The summed E-state index contributed by atoms with van der Waals surface area (Å²) in [6, 6.07) is -0.177. The molecule has 1 aromatic heterocycles. The summed E-state index contributed by atoms with van der Waals surface area (Å²) in [7, 11) is 0.